The maximum Gasteiger partial charge on any atom is 0.354 e. The van der Waals surface area contributed by atoms with E-state index in [1.54, 1.807) is 30.5 Å². The van der Waals surface area contributed by atoms with Crippen molar-refractivity contribution in [1.29, 1.82) is 0 Å². The normalized spacial score (nSPS) is 11.8. The fraction of sp³-hybridized carbons (Fsp3) is 0.235. The number of primary amides is 1. The summed E-state index contributed by atoms with van der Waals surface area (Å²) in [5, 5.41) is 0.832. The first kappa shape index (κ1) is 16.3. The Labute approximate surface area is 144 Å². The number of rotatable bonds is 4. The quantitative estimate of drug-likeness (QED) is 0.633. The zero-order valence-electron chi connectivity index (χ0n) is 13.4. The minimum Gasteiger partial charge on any atom is -0.366 e. The topological polar surface area (TPSA) is 93.8 Å². The molecule has 1 amide bonds. The van der Waals surface area contributed by atoms with Gasteiger partial charge in [0.25, 0.3) is 0 Å². The molecule has 7 heteroatoms. The van der Waals surface area contributed by atoms with Crippen molar-refractivity contribution >= 4 is 29.6 Å². The number of fused-ring (bicyclic) bond motifs is 1. The fourth-order valence-corrected chi connectivity index (χ4v) is 2.59. The van der Waals surface area contributed by atoms with Gasteiger partial charge in [-0.25, -0.2) is 4.79 Å². The van der Waals surface area contributed by atoms with E-state index in [4.69, 9.17) is 5.73 Å². The van der Waals surface area contributed by atoms with Crippen LogP contribution in [0.5, 0.6) is 0 Å². The van der Waals surface area contributed by atoms with Crippen LogP contribution >= 0.6 is 12.6 Å². The van der Waals surface area contributed by atoms with E-state index in [2.05, 4.69) is 36.4 Å². The van der Waals surface area contributed by atoms with Gasteiger partial charge in [0.15, 0.2) is 0 Å². The third-order valence-corrected chi connectivity index (χ3v) is 4.85. The number of amides is 1. The summed E-state index contributed by atoms with van der Waals surface area (Å²) in [5.74, 6) is 0.158. The number of carbonyl (C=O) groups excluding carboxylic acids is 1. The lowest BCUT2D eigenvalue weighted by Crippen LogP contribution is -2.21. The molecule has 3 aromatic rings. The molecule has 0 saturated carbocycles. The summed E-state index contributed by atoms with van der Waals surface area (Å²) in [6.07, 6.45) is 1.73. The zero-order valence-corrected chi connectivity index (χ0v) is 14.3. The Morgan fingerprint density at radius 3 is 2.58 bits per heavy atom. The van der Waals surface area contributed by atoms with Crippen molar-refractivity contribution in [2.45, 2.75) is 19.3 Å². The number of aromatic amines is 1. The van der Waals surface area contributed by atoms with Gasteiger partial charge < -0.3 is 10.7 Å². The molecule has 0 saturated heterocycles. The van der Waals surface area contributed by atoms with Crippen LogP contribution in [0.3, 0.4) is 0 Å². The van der Waals surface area contributed by atoms with Gasteiger partial charge in [-0.2, -0.15) is 17.6 Å². The van der Waals surface area contributed by atoms with Crippen LogP contribution in [-0.4, -0.2) is 26.2 Å². The van der Waals surface area contributed by atoms with Gasteiger partial charge in [-0.15, -0.1) is 0 Å². The van der Waals surface area contributed by atoms with Crippen molar-refractivity contribution in [3.63, 3.8) is 0 Å². The van der Waals surface area contributed by atoms with Crippen molar-refractivity contribution in [3.8, 4) is 5.69 Å². The van der Waals surface area contributed by atoms with E-state index in [0.717, 1.165) is 11.1 Å². The summed E-state index contributed by atoms with van der Waals surface area (Å²) < 4.78 is 1.44. The SMILES string of the molecule is CC(C)(CS)c1cc2cn(-c3ccc(C(N)=O)cc3)c(=O)nc2[nH]1. The highest BCUT2D eigenvalue weighted by Gasteiger charge is 2.21. The molecule has 24 heavy (non-hydrogen) atoms. The highest BCUT2D eigenvalue weighted by Crippen LogP contribution is 2.26. The lowest BCUT2D eigenvalue weighted by atomic mass is 9.92. The van der Waals surface area contributed by atoms with E-state index in [1.165, 1.54) is 4.57 Å². The number of carbonyl (C=O) groups is 1. The third-order valence-electron chi connectivity index (χ3n) is 4.06. The number of nitrogens with zero attached hydrogens (tertiary/aromatic N) is 2. The molecule has 2 heterocycles. The standard InChI is InChI=1S/C17H18N4O2S/c1-17(2,9-24)13-7-11-8-21(16(23)20-15(11)19-13)12-5-3-10(4-6-12)14(18)22/h3-8,24H,9H2,1-2H3,(H2,18,22)(H,19,20,23). The largest absolute Gasteiger partial charge is 0.366 e. The lowest BCUT2D eigenvalue weighted by Gasteiger charge is -2.19. The monoisotopic (exact) mass is 342 g/mol. The maximum atomic E-state index is 12.3. The number of hydrogen-bond donors (Lipinski definition) is 3. The average molecular weight is 342 g/mol. The number of nitrogens with two attached hydrogens (primary N) is 1. The van der Waals surface area contributed by atoms with Crippen molar-refractivity contribution in [1.82, 2.24) is 14.5 Å². The van der Waals surface area contributed by atoms with E-state index >= 15 is 0 Å². The summed E-state index contributed by atoms with van der Waals surface area (Å²) in [6, 6.07) is 8.48. The number of H-pyrrole nitrogens is 1. The van der Waals surface area contributed by atoms with Gasteiger partial charge >= 0.3 is 5.69 Å². The molecule has 3 rings (SSSR count). The van der Waals surface area contributed by atoms with E-state index in [1.807, 2.05) is 6.07 Å². The van der Waals surface area contributed by atoms with Gasteiger partial charge in [-0.3, -0.25) is 9.36 Å². The summed E-state index contributed by atoms with van der Waals surface area (Å²) in [7, 11) is 0. The van der Waals surface area contributed by atoms with Gasteiger partial charge in [0, 0.05) is 34.0 Å². The summed E-state index contributed by atoms with van der Waals surface area (Å²) in [5.41, 5.74) is 7.22. The molecular weight excluding hydrogens is 324 g/mol. The Morgan fingerprint density at radius 1 is 1.33 bits per heavy atom. The van der Waals surface area contributed by atoms with Crippen molar-refractivity contribution < 1.29 is 4.79 Å². The van der Waals surface area contributed by atoms with Crippen LogP contribution in [-0.2, 0) is 5.41 Å². The summed E-state index contributed by atoms with van der Waals surface area (Å²) in [6.45, 7) is 4.14. The first-order valence-electron chi connectivity index (χ1n) is 7.46. The second-order valence-electron chi connectivity index (χ2n) is 6.33. The second-order valence-corrected chi connectivity index (χ2v) is 6.65. The van der Waals surface area contributed by atoms with Crippen molar-refractivity contribution in [3.05, 3.63) is 58.3 Å². The molecule has 1 aromatic carbocycles. The molecule has 0 aliphatic rings. The zero-order chi connectivity index (χ0) is 17.5. The summed E-state index contributed by atoms with van der Waals surface area (Å²) in [4.78, 5) is 30.8. The van der Waals surface area contributed by atoms with Gasteiger partial charge in [0.05, 0.1) is 5.69 Å². The first-order chi connectivity index (χ1) is 11.3. The molecule has 3 N–H and O–H groups in total. The smallest absolute Gasteiger partial charge is 0.354 e. The van der Waals surface area contributed by atoms with Gasteiger partial charge in [-0.05, 0) is 30.3 Å². The number of thiol groups is 1. The first-order valence-corrected chi connectivity index (χ1v) is 8.09. The van der Waals surface area contributed by atoms with E-state index in [0.29, 0.717) is 22.7 Å². The van der Waals surface area contributed by atoms with Crippen LogP contribution in [0.25, 0.3) is 16.7 Å². The van der Waals surface area contributed by atoms with Crippen LogP contribution in [0, 0.1) is 0 Å². The van der Waals surface area contributed by atoms with Crippen molar-refractivity contribution in [2.24, 2.45) is 5.73 Å². The molecule has 0 bridgehead atoms. The van der Waals surface area contributed by atoms with Crippen molar-refractivity contribution in [2.75, 3.05) is 5.75 Å². The number of hydrogen-bond acceptors (Lipinski definition) is 4. The van der Waals surface area contributed by atoms with Crippen LogP contribution in [0.4, 0.5) is 0 Å². The summed E-state index contributed by atoms with van der Waals surface area (Å²) >= 11 is 4.37. The molecule has 6 nitrogen and oxygen atoms in total. The molecule has 124 valence electrons. The van der Waals surface area contributed by atoms with Gasteiger partial charge in [-0.1, -0.05) is 13.8 Å². The third kappa shape index (κ3) is 2.82. The Bertz CT molecular complexity index is 970. The van der Waals surface area contributed by atoms with E-state index < -0.39 is 11.6 Å². The van der Waals surface area contributed by atoms with Gasteiger partial charge in [0.2, 0.25) is 5.91 Å². The Hall–Kier alpha value is -2.54. The maximum absolute atomic E-state index is 12.3. The Morgan fingerprint density at radius 2 is 2.00 bits per heavy atom. The number of benzene rings is 1. The van der Waals surface area contributed by atoms with Crippen LogP contribution < -0.4 is 11.4 Å². The molecule has 0 unspecified atom stereocenters. The predicted molar refractivity (Wildman–Crippen MR) is 97.1 cm³/mol. The minimum absolute atomic E-state index is 0.152. The van der Waals surface area contributed by atoms with Gasteiger partial charge in [0.1, 0.15) is 5.65 Å². The predicted octanol–water partition coefficient (Wildman–Crippen LogP) is 2.02. The van der Waals surface area contributed by atoms with E-state index in [9.17, 15) is 9.59 Å². The molecule has 0 atom stereocenters. The average Bonchev–Trinajstić information content (AvgIpc) is 2.97. The highest BCUT2D eigenvalue weighted by atomic mass is 32.1. The van der Waals surface area contributed by atoms with Crippen LogP contribution in [0.2, 0.25) is 0 Å². The lowest BCUT2D eigenvalue weighted by molar-refractivity contribution is 0.100. The molecular formula is C17H18N4O2S. The molecule has 0 aliphatic carbocycles. The molecule has 0 aliphatic heterocycles. The van der Waals surface area contributed by atoms with Crippen LogP contribution in [0.1, 0.15) is 29.9 Å². The minimum atomic E-state index is -0.508. The highest BCUT2D eigenvalue weighted by molar-refractivity contribution is 7.80. The Balaban J connectivity index is 2.10. The molecule has 0 radical (unpaired) electrons. The fourth-order valence-electron chi connectivity index (χ4n) is 2.42. The molecule has 2 aromatic heterocycles. The van der Waals surface area contributed by atoms with E-state index in [-0.39, 0.29) is 5.41 Å². The second kappa shape index (κ2) is 5.83. The number of nitrogens with one attached hydrogen (secondary N) is 1. The Kier molecular flexibility index (Phi) is 3.96. The molecule has 0 spiro atoms. The van der Waals surface area contributed by atoms with Crippen LogP contribution in [0.15, 0.2) is 41.3 Å². The molecule has 0 fully saturated rings. The number of aromatic nitrogens is 3.